The second-order valence-electron chi connectivity index (χ2n) is 10.8. The summed E-state index contributed by atoms with van der Waals surface area (Å²) < 4.78 is 5.27. The van der Waals surface area contributed by atoms with Crippen LogP contribution in [0.3, 0.4) is 0 Å². The molecule has 6 rings (SSSR count). The molecule has 1 spiro atoms. The lowest BCUT2D eigenvalue weighted by Gasteiger charge is -2.40. The monoisotopic (exact) mass is 490 g/mol. The van der Waals surface area contributed by atoms with Gasteiger partial charge in [0.1, 0.15) is 5.75 Å². The van der Waals surface area contributed by atoms with Crippen molar-refractivity contribution in [1.82, 2.24) is 4.90 Å². The summed E-state index contributed by atoms with van der Waals surface area (Å²) in [6.45, 7) is 6.00. The molecule has 0 radical (unpaired) electrons. The lowest BCUT2D eigenvalue weighted by molar-refractivity contribution is -0.118. The molecule has 2 aliphatic heterocycles. The summed E-state index contributed by atoms with van der Waals surface area (Å²) in [5, 5.41) is 2.60. The Morgan fingerprint density at radius 2 is 1.59 bits per heavy atom. The molecule has 0 aromatic heterocycles. The highest BCUT2D eigenvalue weighted by Gasteiger charge is 2.46. The molecule has 188 valence electrons. The first kappa shape index (κ1) is 23.7. The number of aryl methyl sites for hydroxylation is 1. The predicted octanol–water partition coefficient (Wildman–Crippen LogP) is 6.28. The van der Waals surface area contributed by atoms with Gasteiger partial charge in [0.25, 0.3) is 0 Å². The number of hydrogen-bond acceptors (Lipinski definition) is 3. The Hall–Kier alpha value is -3.63. The van der Waals surface area contributed by atoms with Crippen LogP contribution in [0.1, 0.15) is 35.1 Å². The number of nitrogens with zero attached hydrogens (tertiary/aromatic N) is 2. The van der Waals surface area contributed by atoms with Crippen LogP contribution >= 0.6 is 0 Å². The molecule has 1 amide bonds. The van der Waals surface area contributed by atoms with Crippen LogP contribution in [0, 0.1) is 6.92 Å². The molecule has 4 aromatic carbocycles. The third kappa shape index (κ3) is 4.62. The number of amides is 1. The fourth-order valence-electron chi connectivity index (χ4n) is 6.18. The summed E-state index contributed by atoms with van der Waals surface area (Å²) in [6.07, 6.45) is 2.55. The van der Waals surface area contributed by atoms with Crippen molar-refractivity contribution in [2.75, 3.05) is 31.6 Å². The first-order valence-corrected chi connectivity index (χ1v) is 13.3. The highest BCUT2D eigenvalue weighted by molar-refractivity contribution is 5.97. The third-order valence-electron chi connectivity index (χ3n) is 8.32. The van der Waals surface area contributed by atoms with E-state index in [1.165, 1.54) is 27.5 Å². The minimum absolute atomic E-state index is 0.0385. The molecule has 2 aliphatic rings. The van der Waals surface area contributed by atoms with Crippen molar-refractivity contribution >= 4 is 22.4 Å². The third-order valence-corrected chi connectivity index (χ3v) is 8.32. The van der Waals surface area contributed by atoms with Crippen LogP contribution < -0.4 is 9.64 Å². The Morgan fingerprint density at radius 3 is 2.35 bits per heavy atom. The number of rotatable bonds is 5. The molecule has 1 saturated heterocycles. The van der Waals surface area contributed by atoms with Crippen LogP contribution in [0.2, 0.25) is 0 Å². The molecular formula is C33H34N2O2. The van der Waals surface area contributed by atoms with Gasteiger partial charge in [-0.1, -0.05) is 66.2 Å². The zero-order chi connectivity index (χ0) is 25.4. The second-order valence-corrected chi connectivity index (χ2v) is 10.8. The van der Waals surface area contributed by atoms with Gasteiger partial charge < -0.3 is 9.64 Å². The minimum Gasteiger partial charge on any atom is -0.497 e. The van der Waals surface area contributed by atoms with E-state index in [4.69, 9.17) is 4.74 Å². The Bertz CT molecular complexity index is 1430. The summed E-state index contributed by atoms with van der Waals surface area (Å²) in [5.74, 6) is 0.985. The number of hydrogen-bond donors (Lipinski definition) is 0. The number of piperidine rings is 1. The first-order chi connectivity index (χ1) is 18.0. The molecule has 1 fully saturated rings. The van der Waals surface area contributed by atoms with Gasteiger partial charge in [0.05, 0.1) is 13.5 Å². The van der Waals surface area contributed by atoms with E-state index in [0.717, 1.165) is 56.0 Å². The van der Waals surface area contributed by atoms with Crippen LogP contribution in [0.4, 0.5) is 5.69 Å². The van der Waals surface area contributed by atoms with Crippen LogP contribution in [0.25, 0.3) is 10.8 Å². The zero-order valence-corrected chi connectivity index (χ0v) is 21.7. The summed E-state index contributed by atoms with van der Waals surface area (Å²) in [6, 6.07) is 29.9. The lowest BCUT2D eigenvalue weighted by atomic mass is 9.74. The molecule has 0 atom stereocenters. The van der Waals surface area contributed by atoms with Gasteiger partial charge in [0, 0.05) is 24.2 Å². The molecule has 4 aromatic rings. The van der Waals surface area contributed by atoms with E-state index < -0.39 is 0 Å². The quantitative estimate of drug-likeness (QED) is 0.330. The second kappa shape index (κ2) is 9.68. The van der Waals surface area contributed by atoms with E-state index in [1.807, 2.05) is 24.3 Å². The van der Waals surface area contributed by atoms with Crippen molar-refractivity contribution in [3.63, 3.8) is 0 Å². The largest absolute Gasteiger partial charge is 0.497 e. The standard InChI is InChI=1S/C33H34N2O2/c1-24-7-14-31-30(19-24)33(23-35(31)32(36)21-25-9-12-29(37-2)13-10-25)15-17-34(18-16-33)22-26-8-11-27-5-3-4-6-28(27)20-26/h3-14,19-20H,15-18,21-23H2,1-2H3. The number of likely N-dealkylation sites (tertiary alicyclic amines) is 1. The van der Waals surface area contributed by atoms with Gasteiger partial charge in [0.15, 0.2) is 0 Å². The van der Waals surface area contributed by atoms with Gasteiger partial charge in [0.2, 0.25) is 5.91 Å². The highest BCUT2D eigenvalue weighted by Crippen LogP contribution is 2.47. The Balaban J connectivity index is 1.18. The molecule has 4 heteroatoms. The van der Waals surface area contributed by atoms with Crippen LogP contribution in [-0.2, 0) is 23.2 Å². The van der Waals surface area contributed by atoms with Gasteiger partial charge in [-0.2, -0.15) is 0 Å². The van der Waals surface area contributed by atoms with Crippen molar-refractivity contribution in [2.24, 2.45) is 0 Å². The maximum atomic E-state index is 13.5. The number of ether oxygens (including phenoxy) is 1. The van der Waals surface area contributed by atoms with Crippen molar-refractivity contribution in [3.8, 4) is 5.75 Å². The molecule has 4 nitrogen and oxygen atoms in total. The summed E-state index contributed by atoms with van der Waals surface area (Å²) in [5.41, 5.74) is 6.16. The van der Waals surface area contributed by atoms with Crippen molar-refractivity contribution in [2.45, 2.75) is 38.1 Å². The highest BCUT2D eigenvalue weighted by atomic mass is 16.5. The number of carbonyl (C=O) groups is 1. The van der Waals surface area contributed by atoms with Crippen molar-refractivity contribution < 1.29 is 9.53 Å². The van der Waals surface area contributed by atoms with Gasteiger partial charge in [-0.25, -0.2) is 0 Å². The van der Waals surface area contributed by atoms with Crippen molar-refractivity contribution in [1.29, 1.82) is 0 Å². The number of carbonyl (C=O) groups excluding carboxylic acids is 1. The molecule has 0 unspecified atom stereocenters. The van der Waals surface area contributed by atoms with Gasteiger partial charge in [-0.15, -0.1) is 0 Å². The Morgan fingerprint density at radius 1 is 0.865 bits per heavy atom. The number of anilines is 1. The maximum Gasteiger partial charge on any atom is 0.231 e. The van der Waals surface area contributed by atoms with E-state index in [2.05, 4.69) is 77.4 Å². The topological polar surface area (TPSA) is 32.8 Å². The molecule has 0 N–H and O–H groups in total. The minimum atomic E-state index is 0.0385. The fraction of sp³-hybridized carbons (Fsp3) is 0.303. The molecule has 0 bridgehead atoms. The molecular weight excluding hydrogens is 456 g/mol. The molecule has 37 heavy (non-hydrogen) atoms. The summed E-state index contributed by atoms with van der Waals surface area (Å²) in [4.78, 5) is 18.2. The lowest BCUT2D eigenvalue weighted by Crippen LogP contribution is -2.46. The molecule has 0 aliphatic carbocycles. The number of fused-ring (bicyclic) bond motifs is 3. The number of benzene rings is 4. The first-order valence-electron chi connectivity index (χ1n) is 13.3. The van der Waals surface area contributed by atoms with Gasteiger partial charge in [-0.05, 0) is 84.6 Å². The average Bonchev–Trinajstić information content (AvgIpc) is 3.23. The average molecular weight is 491 g/mol. The van der Waals surface area contributed by atoms with E-state index >= 15 is 0 Å². The van der Waals surface area contributed by atoms with Crippen LogP contribution in [-0.4, -0.2) is 37.6 Å². The van der Waals surface area contributed by atoms with Crippen LogP contribution in [0.5, 0.6) is 5.75 Å². The normalized spacial score (nSPS) is 16.8. The van der Waals surface area contributed by atoms with E-state index in [9.17, 15) is 4.79 Å². The molecule has 0 saturated carbocycles. The summed E-state index contributed by atoms with van der Waals surface area (Å²) in [7, 11) is 1.66. The Labute approximate surface area is 219 Å². The maximum absolute atomic E-state index is 13.5. The predicted molar refractivity (Wildman–Crippen MR) is 150 cm³/mol. The Kier molecular flexibility index (Phi) is 6.21. The van der Waals surface area contributed by atoms with Gasteiger partial charge in [-0.3, -0.25) is 9.69 Å². The van der Waals surface area contributed by atoms with E-state index in [1.54, 1.807) is 7.11 Å². The smallest absolute Gasteiger partial charge is 0.231 e. The van der Waals surface area contributed by atoms with E-state index in [-0.39, 0.29) is 11.3 Å². The van der Waals surface area contributed by atoms with E-state index in [0.29, 0.717) is 6.42 Å². The number of methoxy groups -OCH3 is 1. The van der Waals surface area contributed by atoms with Crippen LogP contribution in [0.15, 0.2) is 84.9 Å². The van der Waals surface area contributed by atoms with Gasteiger partial charge >= 0.3 is 0 Å². The zero-order valence-electron chi connectivity index (χ0n) is 21.7. The van der Waals surface area contributed by atoms with Crippen molar-refractivity contribution in [3.05, 3.63) is 107 Å². The SMILES string of the molecule is COc1ccc(CC(=O)N2CC3(CCN(Cc4ccc5ccccc5c4)CC3)c3cc(C)ccc32)cc1. The molecule has 2 heterocycles. The fourth-order valence-corrected chi connectivity index (χ4v) is 6.18. The summed E-state index contributed by atoms with van der Waals surface area (Å²) >= 11 is 0.